The van der Waals surface area contributed by atoms with Gasteiger partial charge >= 0.3 is 5.97 Å². The number of hydrogen-bond donors (Lipinski definition) is 1. The molecule has 1 saturated heterocycles. The van der Waals surface area contributed by atoms with E-state index in [0.29, 0.717) is 37.7 Å². The van der Waals surface area contributed by atoms with Gasteiger partial charge in [-0.15, -0.1) is 11.8 Å². The third-order valence-corrected chi connectivity index (χ3v) is 3.38. The average molecular weight is 247 g/mol. The zero-order valence-electron chi connectivity index (χ0n) is 9.35. The molecule has 0 saturated carbocycles. The molecule has 1 rings (SSSR count). The number of carboxylic acid groups (broad SMARTS) is 1. The molecular weight excluding hydrogens is 230 g/mol. The lowest BCUT2D eigenvalue weighted by molar-refractivity contribution is -0.147. The Morgan fingerprint density at radius 3 is 2.94 bits per heavy atom. The van der Waals surface area contributed by atoms with Crippen LogP contribution in [-0.4, -0.2) is 52.8 Å². The van der Waals surface area contributed by atoms with Crippen LogP contribution in [0.5, 0.6) is 0 Å². The van der Waals surface area contributed by atoms with Gasteiger partial charge in [-0.1, -0.05) is 0 Å². The summed E-state index contributed by atoms with van der Waals surface area (Å²) >= 11 is 1.48. The van der Waals surface area contributed by atoms with Gasteiger partial charge in [0, 0.05) is 25.4 Å². The van der Waals surface area contributed by atoms with Gasteiger partial charge < -0.3 is 14.7 Å². The lowest BCUT2D eigenvalue weighted by atomic mass is 10.2. The van der Waals surface area contributed by atoms with Crippen LogP contribution in [0.15, 0.2) is 0 Å². The van der Waals surface area contributed by atoms with Gasteiger partial charge in [0.05, 0.1) is 5.88 Å². The number of carbonyl (C=O) groups excluding carboxylic acids is 1. The summed E-state index contributed by atoms with van der Waals surface area (Å²) < 4.78 is 5.13. The quantitative estimate of drug-likeness (QED) is 0.703. The lowest BCUT2D eigenvalue weighted by Gasteiger charge is -2.20. The third-order valence-electron chi connectivity index (χ3n) is 2.37. The van der Waals surface area contributed by atoms with Crippen LogP contribution in [0.1, 0.15) is 19.8 Å². The molecule has 1 aliphatic heterocycles. The molecule has 0 bridgehead atoms. The maximum absolute atomic E-state index is 11.7. The predicted octanol–water partition coefficient (Wildman–Crippen LogP) is 0.789. The van der Waals surface area contributed by atoms with Crippen molar-refractivity contribution < 1.29 is 19.4 Å². The van der Waals surface area contributed by atoms with Crippen LogP contribution < -0.4 is 0 Å². The minimum atomic E-state index is -0.914. The zero-order valence-corrected chi connectivity index (χ0v) is 10.2. The number of aliphatic carboxylic acids is 1. The first-order chi connectivity index (χ1) is 7.66. The van der Waals surface area contributed by atoms with Crippen molar-refractivity contribution in [2.24, 2.45) is 0 Å². The molecule has 1 fully saturated rings. The van der Waals surface area contributed by atoms with Crippen LogP contribution in [0.2, 0.25) is 0 Å². The Labute approximate surface area is 99.1 Å². The van der Waals surface area contributed by atoms with Gasteiger partial charge in [0.1, 0.15) is 6.04 Å². The number of nitrogens with zero attached hydrogens (tertiary/aromatic N) is 1. The Morgan fingerprint density at radius 1 is 1.56 bits per heavy atom. The number of rotatable bonds is 6. The van der Waals surface area contributed by atoms with Crippen LogP contribution in [0.4, 0.5) is 0 Å². The van der Waals surface area contributed by atoms with Crippen LogP contribution in [0.3, 0.4) is 0 Å². The fourth-order valence-electron chi connectivity index (χ4n) is 1.51. The van der Waals surface area contributed by atoms with E-state index in [1.807, 2.05) is 6.92 Å². The minimum absolute atomic E-state index is 0.0860. The van der Waals surface area contributed by atoms with E-state index in [0.717, 1.165) is 0 Å². The molecule has 1 heterocycles. The van der Waals surface area contributed by atoms with Gasteiger partial charge in [-0.3, -0.25) is 4.79 Å². The second-order valence-corrected chi connectivity index (χ2v) is 4.52. The first-order valence-corrected chi connectivity index (χ1v) is 6.50. The molecule has 0 aromatic rings. The monoisotopic (exact) mass is 247 g/mol. The summed E-state index contributed by atoms with van der Waals surface area (Å²) in [6, 6.07) is -0.649. The van der Waals surface area contributed by atoms with Gasteiger partial charge in [0.2, 0.25) is 5.91 Å². The number of thioether (sulfide) groups is 1. The van der Waals surface area contributed by atoms with E-state index < -0.39 is 12.0 Å². The minimum Gasteiger partial charge on any atom is -0.480 e. The van der Waals surface area contributed by atoms with Gasteiger partial charge in [-0.25, -0.2) is 4.79 Å². The van der Waals surface area contributed by atoms with Crippen molar-refractivity contribution in [3.63, 3.8) is 0 Å². The van der Waals surface area contributed by atoms with Crippen LogP contribution in [0.25, 0.3) is 0 Å². The first kappa shape index (κ1) is 13.3. The Kier molecular flexibility index (Phi) is 5.62. The number of hydrogen-bond acceptors (Lipinski definition) is 4. The topological polar surface area (TPSA) is 66.8 Å². The molecule has 0 radical (unpaired) electrons. The molecule has 1 aliphatic rings. The summed E-state index contributed by atoms with van der Waals surface area (Å²) in [5.74, 6) is -0.0167. The Bertz CT molecular complexity index is 259. The van der Waals surface area contributed by atoms with Gasteiger partial charge in [0.25, 0.3) is 0 Å². The number of carbonyl (C=O) groups is 2. The van der Waals surface area contributed by atoms with E-state index in [2.05, 4.69) is 0 Å². The SMILES string of the molecule is CCOCCCC(=O)N1CSC[C@H]1C(=O)O. The molecule has 0 spiro atoms. The van der Waals surface area contributed by atoms with E-state index in [1.54, 1.807) is 0 Å². The highest BCUT2D eigenvalue weighted by molar-refractivity contribution is 7.99. The van der Waals surface area contributed by atoms with Gasteiger partial charge in [-0.2, -0.15) is 0 Å². The highest BCUT2D eigenvalue weighted by Crippen LogP contribution is 2.22. The molecule has 6 heteroatoms. The second kappa shape index (κ2) is 6.75. The molecular formula is C10H17NO4S. The average Bonchev–Trinajstić information content (AvgIpc) is 2.73. The second-order valence-electron chi connectivity index (χ2n) is 3.52. The number of ether oxygens (including phenoxy) is 1. The lowest BCUT2D eigenvalue weighted by Crippen LogP contribution is -2.41. The first-order valence-electron chi connectivity index (χ1n) is 5.34. The van der Waals surface area contributed by atoms with E-state index in [4.69, 9.17) is 9.84 Å². The smallest absolute Gasteiger partial charge is 0.327 e. The summed E-state index contributed by atoms with van der Waals surface area (Å²) in [5, 5.41) is 8.91. The summed E-state index contributed by atoms with van der Waals surface area (Å²) in [7, 11) is 0. The maximum atomic E-state index is 11.7. The highest BCUT2D eigenvalue weighted by Gasteiger charge is 2.33. The normalized spacial score (nSPS) is 20.1. The van der Waals surface area contributed by atoms with Crippen molar-refractivity contribution in [3.05, 3.63) is 0 Å². The van der Waals surface area contributed by atoms with E-state index in [9.17, 15) is 9.59 Å². The highest BCUT2D eigenvalue weighted by atomic mass is 32.2. The molecule has 16 heavy (non-hydrogen) atoms. The molecule has 0 aromatic heterocycles. The molecule has 1 atom stereocenters. The molecule has 5 nitrogen and oxygen atoms in total. The Hall–Kier alpha value is -0.750. The fourth-order valence-corrected chi connectivity index (χ4v) is 2.68. The van der Waals surface area contributed by atoms with Crippen molar-refractivity contribution >= 4 is 23.6 Å². The van der Waals surface area contributed by atoms with E-state index >= 15 is 0 Å². The van der Waals surface area contributed by atoms with Crippen LogP contribution in [0, 0.1) is 0 Å². The number of carboxylic acids is 1. The predicted molar refractivity (Wildman–Crippen MR) is 61.3 cm³/mol. The summed E-state index contributed by atoms with van der Waals surface area (Å²) in [4.78, 5) is 24.0. The van der Waals surface area contributed by atoms with Crippen molar-refractivity contribution in [2.75, 3.05) is 24.8 Å². The van der Waals surface area contributed by atoms with E-state index in [-0.39, 0.29) is 5.91 Å². The summed E-state index contributed by atoms with van der Waals surface area (Å²) in [6.45, 7) is 3.10. The Morgan fingerprint density at radius 2 is 2.31 bits per heavy atom. The molecule has 1 N–H and O–H groups in total. The summed E-state index contributed by atoms with van der Waals surface area (Å²) in [5.41, 5.74) is 0. The van der Waals surface area contributed by atoms with Crippen molar-refractivity contribution in [1.82, 2.24) is 4.90 Å². The molecule has 0 aliphatic carbocycles. The number of amides is 1. The Balaban J connectivity index is 2.32. The third kappa shape index (κ3) is 3.68. The maximum Gasteiger partial charge on any atom is 0.327 e. The molecule has 1 amide bonds. The molecule has 0 aromatic carbocycles. The van der Waals surface area contributed by atoms with Gasteiger partial charge in [-0.05, 0) is 13.3 Å². The van der Waals surface area contributed by atoms with E-state index in [1.165, 1.54) is 16.7 Å². The summed E-state index contributed by atoms with van der Waals surface area (Å²) in [6.07, 6.45) is 1.02. The van der Waals surface area contributed by atoms with Crippen LogP contribution >= 0.6 is 11.8 Å². The van der Waals surface area contributed by atoms with Crippen LogP contribution in [-0.2, 0) is 14.3 Å². The van der Waals surface area contributed by atoms with Gasteiger partial charge in [0.15, 0.2) is 0 Å². The van der Waals surface area contributed by atoms with Crippen molar-refractivity contribution in [1.29, 1.82) is 0 Å². The molecule has 0 unspecified atom stereocenters. The largest absolute Gasteiger partial charge is 0.480 e. The van der Waals surface area contributed by atoms with Crippen molar-refractivity contribution in [2.45, 2.75) is 25.8 Å². The fraction of sp³-hybridized carbons (Fsp3) is 0.800. The zero-order chi connectivity index (χ0) is 12.0. The molecule has 92 valence electrons. The van der Waals surface area contributed by atoms with Crippen molar-refractivity contribution in [3.8, 4) is 0 Å². The standard InChI is InChI=1S/C10H17NO4S/c1-2-15-5-3-4-9(12)11-7-16-6-8(11)10(13)14/h8H,2-7H2,1H3,(H,13,14)/t8-/m0/s1.